The molecule has 2 aromatic rings. The maximum absolute atomic E-state index is 11.1. The largest absolute Gasteiger partial charge is 0.490 e. The van der Waals surface area contributed by atoms with Crippen LogP contribution in [0.2, 0.25) is 0 Å². The standard InChI is InChI=1S/C15H14O4S2/c16-15(17)14-10(4-7-20-14)9-21-11-2-3-12-13(8-11)19-6-1-5-18-12/h2-4,7-8H,1,5-6,9H2,(H,16,17). The fourth-order valence-electron chi connectivity index (χ4n) is 2.03. The molecule has 0 atom stereocenters. The number of rotatable bonds is 4. The lowest BCUT2D eigenvalue weighted by Gasteiger charge is -2.09. The Hall–Kier alpha value is -1.66. The molecule has 0 saturated heterocycles. The van der Waals surface area contributed by atoms with Gasteiger partial charge in [-0.25, -0.2) is 4.79 Å². The monoisotopic (exact) mass is 322 g/mol. The van der Waals surface area contributed by atoms with Crippen molar-refractivity contribution in [1.29, 1.82) is 0 Å². The molecule has 4 nitrogen and oxygen atoms in total. The van der Waals surface area contributed by atoms with Gasteiger partial charge < -0.3 is 14.6 Å². The molecular formula is C15H14O4S2. The summed E-state index contributed by atoms with van der Waals surface area (Å²) >= 11 is 2.86. The lowest BCUT2D eigenvalue weighted by atomic mass is 10.3. The van der Waals surface area contributed by atoms with E-state index in [4.69, 9.17) is 14.6 Å². The zero-order valence-corrected chi connectivity index (χ0v) is 12.8. The molecule has 1 aliphatic rings. The normalized spacial score (nSPS) is 13.7. The van der Waals surface area contributed by atoms with Crippen molar-refractivity contribution in [2.75, 3.05) is 13.2 Å². The number of ether oxygens (including phenoxy) is 2. The van der Waals surface area contributed by atoms with Gasteiger partial charge in [-0.2, -0.15) is 0 Å². The van der Waals surface area contributed by atoms with Crippen LogP contribution in [0.25, 0.3) is 0 Å². The fourth-order valence-corrected chi connectivity index (χ4v) is 3.80. The number of carboxylic acid groups (broad SMARTS) is 1. The van der Waals surface area contributed by atoms with E-state index in [9.17, 15) is 4.79 Å². The second-order valence-electron chi connectivity index (χ2n) is 4.53. The highest BCUT2D eigenvalue weighted by Crippen LogP contribution is 2.35. The quantitative estimate of drug-likeness (QED) is 0.865. The molecule has 0 unspecified atom stereocenters. The van der Waals surface area contributed by atoms with Gasteiger partial charge in [-0.1, -0.05) is 0 Å². The number of fused-ring (bicyclic) bond motifs is 1. The van der Waals surface area contributed by atoms with E-state index in [1.54, 1.807) is 11.8 Å². The third kappa shape index (κ3) is 3.33. The Morgan fingerprint density at radius 3 is 2.86 bits per heavy atom. The van der Waals surface area contributed by atoms with Gasteiger partial charge in [0, 0.05) is 17.1 Å². The zero-order chi connectivity index (χ0) is 14.7. The van der Waals surface area contributed by atoms with E-state index >= 15 is 0 Å². The van der Waals surface area contributed by atoms with Crippen LogP contribution in [0, 0.1) is 0 Å². The molecule has 0 saturated carbocycles. The van der Waals surface area contributed by atoms with Crippen LogP contribution < -0.4 is 9.47 Å². The highest BCUT2D eigenvalue weighted by molar-refractivity contribution is 7.98. The maximum Gasteiger partial charge on any atom is 0.346 e. The van der Waals surface area contributed by atoms with Crippen LogP contribution in [0.5, 0.6) is 11.5 Å². The smallest absolute Gasteiger partial charge is 0.346 e. The Bertz CT molecular complexity index is 651. The number of benzene rings is 1. The SMILES string of the molecule is O=C(O)c1sccc1CSc1ccc2c(c1)OCCCO2. The molecule has 110 valence electrons. The summed E-state index contributed by atoms with van der Waals surface area (Å²) in [4.78, 5) is 12.5. The average Bonchev–Trinajstić information content (AvgIpc) is 2.83. The minimum Gasteiger partial charge on any atom is -0.490 e. The van der Waals surface area contributed by atoms with Gasteiger partial charge in [0.15, 0.2) is 11.5 Å². The molecule has 1 N–H and O–H groups in total. The lowest BCUT2D eigenvalue weighted by Crippen LogP contribution is -1.97. The summed E-state index contributed by atoms with van der Waals surface area (Å²) in [7, 11) is 0. The summed E-state index contributed by atoms with van der Waals surface area (Å²) in [6.45, 7) is 1.34. The van der Waals surface area contributed by atoms with Gasteiger partial charge in [0.2, 0.25) is 0 Å². The highest BCUT2D eigenvalue weighted by Gasteiger charge is 2.13. The van der Waals surface area contributed by atoms with Crippen molar-refractivity contribution in [3.05, 3.63) is 40.1 Å². The Kier molecular flexibility index (Phi) is 4.36. The van der Waals surface area contributed by atoms with Crippen molar-refractivity contribution in [2.45, 2.75) is 17.1 Å². The van der Waals surface area contributed by atoms with Gasteiger partial charge >= 0.3 is 5.97 Å². The van der Waals surface area contributed by atoms with E-state index in [0.717, 1.165) is 28.4 Å². The van der Waals surface area contributed by atoms with Crippen LogP contribution in [0.3, 0.4) is 0 Å². The summed E-state index contributed by atoms with van der Waals surface area (Å²) in [6, 6.07) is 7.71. The average molecular weight is 322 g/mol. The molecule has 0 fully saturated rings. The molecular weight excluding hydrogens is 308 g/mol. The van der Waals surface area contributed by atoms with Crippen LogP contribution in [0.1, 0.15) is 21.7 Å². The predicted octanol–water partition coefficient (Wildman–Crippen LogP) is 3.90. The highest BCUT2D eigenvalue weighted by atomic mass is 32.2. The van der Waals surface area contributed by atoms with Crippen LogP contribution >= 0.6 is 23.1 Å². The molecule has 3 rings (SSSR count). The van der Waals surface area contributed by atoms with Crippen LogP contribution in [0.15, 0.2) is 34.5 Å². The van der Waals surface area contributed by atoms with E-state index < -0.39 is 5.97 Å². The van der Waals surface area contributed by atoms with E-state index in [0.29, 0.717) is 23.8 Å². The fraction of sp³-hybridized carbons (Fsp3) is 0.267. The summed E-state index contributed by atoms with van der Waals surface area (Å²) < 4.78 is 11.3. The van der Waals surface area contributed by atoms with E-state index in [-0.39, 0.29) is 0 Å². The van der Waals surface area contributed by atoms with Crippen molar-refractivity contribution >= 4 is 29.1 Å². The topological polar surface area (TPSA) is 55.8 Å². The number of carboxylic acids is 1. The predicted molar refractivity (Wildman–Crippen MR) is 82.9 cm³/mol. The Morgan fingerprint density at radius 2 is 2.05 bits per heavy atom. The molecule has 1 aromatic carbocycles. The number of hydrogen-bond acceptors (Lipinski definition) is 5. The van der Waals surface area contributed by atoms with Crippen LogP contribution in [-0.2, 0) is 5.75 Å². The molecule has 0 aliphatic carbocycles. The maximum atomic E-state index is 11.1. The first kappa shape index (κ1) is 14.3. The first-order valence-electron chi connectivity index (χ1n) is 6.56. The lowest BCUT2D eigenvalue weighted by molar-refractivity contribution is 0.0701. The summed E-state index contributed by atoms with van der Waals surface area (Å²) in [5, 5.41) is 10.9. The minimum absolute atomic E-state index is 0.414. The summed E-state index contributed by atoms with van der Waals surface area (Å²) in [5.74, 6) is 1.31. The van der Waals surface area contributed by atoms with Gasteiger partial charge in [0.25, 0.3) is 0 Å². The Balaban J connectivity index is 1.72. The second-order valence-corrected chi connectivity index (χ2v) is 6.49. The number of hydrogen-bond donors (Lipinski definition) is 1. The summed E-state index contributed by atoms with van der Waals surface area (Å²) in [5.41, 5.74) is 0.851. The number of thiophene rings is 1. The van der Waals surface area contributed by atoms with Crippen molar-refractivity contribution in [1.82, 2.24) is 0 Å². The van der Waals surface area contributed by atoms with Gasteiger partial charge in [-0.05, 0) is 35.2 Å². The van der Waals surface area contributed by atoms with E-state index in [2.05, 4.69) is 0 Å². The van der Waals surface area contributed by atoms with Crippen LogP contribution in [0.4, 0.5) is 0 Å². The number of aromatic carboxylic acids is 1. The van der Waals surface area contributed by atoms with Gasteiger partial charge in [0.1, 0.15) is 4.88 Å². The molecule has 6 heteroatoms. The molecule has 1 aromatic heterocycles. The third-order valence-electron chi connectivity index (χ3n) is 3.05. The molecule has 2 heterocycles. The summed E-state index contributed by atoms with van der Waals surface area (Å²) in [6.07, 6.45) is 0.883. The Morgan fingerprint density at radius 1 is 1.24 bits per heavy atom. The van der Waals surface area contributed by atoms with Gasteiger partial charge in [0.05, 0.1) is 13.2 Å². The molecule has 0 amide bonds. The molecule has 0 spiro atoms. The molecule has 21 heavy (non-hydrogen) atoms. The first-order valence-corrected chi connectivity index (χ1v) is 8.42. The third-order valence-corrected chi connectivity index (χ3v) is 5.04. The van der Waals surface area contributed by atoms with Crippen LogP contribution in [-0.4, -0.2) is 24.3 Å². The molecule has 0 bridgehead atoms. The van der Waals surface area contributed by atoms with E-state index in [1.807, 2.05) is 29.6 Å². The minimum atomic E-state index is -0.862. The van der Waals surface area contributed by atoms with Gasteiger partial charge in [-0.15, -0.1) is 23.1 Å². The number of carbonyl (C=O) groups is 1. The second kappa shape index (κ2) is 6.41. The first-order chi connectivity index (χ1) is 10.2. The Labute approximate surface area is 130 Å². The van der Waals surface area contributed by atoms with Crippen molar-refractivity contribution in [3.63, 3.8) is 0 Å². The van der Waals surface area contributed by atoms with E-state index in [1.165, 1.54) is 11.3 Å². The molecule has 1 aliphatic heterocycles. The van der Waals surface area contributed by atoms with Crippen molar-refractivity contribution < 1.29 is 19.4 Å². The molecule has 0 radical (unpaired) electrons. The number of thioether (sulfide) groups is 1. The zero-order valence-electron chi connectivity index (χ0n) is 11.2. The van der Waals surface area contributed by atoms with Crippen molar-refractivity contribution in [2.24, 2.45) is 0 Å². The van der Waals surface area contributed by atoms with Gasteiger partial charge in [-0.3, -0.25) is 0 Å². The van der Waals surface area contributed by atoms with Crippen molar-refractivity contribution in [3.8, 4) is 11.5 Å².